The summed E-state index contributed by atoms with van der Waals surface area (Å²) < 4.78 is 12.0. The molecule has 1 aromatic heterocycles. The molecular formula is C12H21NO3Si. The Morgan fingerprint density at radius 2 is 2.12 bits per heavy atom. The van der Waals surface area contributed by atoms with Crippen molar-refractivity contribution in [3.63, 3.8) is 0 Å². The van der Waals surface area contributed by atoms with Gasteiger partial charge in [-0.05, 0) is 18.2 Å². The third-order valence-electron chi connectivity index (χ3n) is 2.45. The molecule has 0 atom stereocenters. The van der Waals surface area contributed by atoms with Crippen LogP contribution in [0.5, 0.6) is 0 Å². The van der Waals surface area contributed by atoms with E-state index >= 15 is 0 Å². The zero-order chi connectivity index (χ0) is 12.9. The maximum absolute atomic E-state index is 11.4. The Balaban J connectivity index is 2.42. The summed E-state index contributed by atoms with van der Waals surface area (Å²) in [7, 11) is 0.333. The van der Waals surface area contributed by atoms with Crippen molar-refractivity contribution in [3.05, 3.63) is 24.0 Å². The minimum Gasteiger partial charge on any atom is -0.464 e. The molecule has 96 valence electrons. The number of aromatic nitrogens is 1. The van der Waals surface area contributed by atoms with Crippen LogP contribution in [0.25, 0.3) is 0 Å². The summed E-state index contributed by atoms with van der Waals surface area (Å²) in [6.07, 6.45) is 1.82. The Labute approximate surface area is 104 Å². The Bertz CT molecular complexity index is 368. The summed E-state index contributed by atoms with van der Waals surface area (Å²) >= 11 is 0. The fraction of sp³-hybridized carbons (Fsp3) is 0.583. The zero-order valence-corrected chi connectivity index (χ0v) is 12.0. The molecule has 17 heavy (non-hydrogen) atoms. The van der Waals surface area contributed by atoms with Crippen molar-refractivity contribution < 1.29 is 14.3 Å². The quantitative estimate of drug-likeness (QED) is 0.445. The molecule has 0 bridgehead atoms. The standard InChI is InChI=1S/C12H21NO3Si/c1-15-12(14)11-6-5-7-13(11)10-16-8-9-17(2,3)4/h5-7H,8-10H2,1-4H3. The lowest BCUT2D eigenvalue weighted by molar-refractivity contribution is 0.0540. The molecule has 0 aliphatic rings. The maximum atomic E-state index is 11.4. The predicted molar refractivity (Wildman–Crippen MR) is 69.9 cm³/mol. The lowest BCUT2D eigenvalue weighted by Crippen LogP contribution is -2.22. The molecule has 0 radical (unpaired) electrons. The van der Waals surface area contributed by atoms with Crippen LogP contribution < -0.4 is 0 Å². The van der Waals surface area contributed by atoms with Crippen LogP contribution in [0.4, 0.5) is 0 Å². The van der Waals surface area contributed by atoms with Gasteiger partial charge < -0.3 is 14.0 Å². The minimum atomic E-state index is -1.05. The first-order valence-electron chi connectivity index (χ1n) is 5.75. The molecule has 5 heteroatoms. The molecule has 0 fully saturated rings. The van der Waals surface area contributed by atoms with E-state index in [9.17, 15) is 4.79 Å². The average Bonchev–Trinajstić information content (AvgIpc) is 2.70. The lowest BCUT2D eigenvalue weighted by atomic mass is 10.4. The van der Waals surface area contributed by atoms with Crippen molar-refractivity contribution in [1.82, 2.24) is 4.57 Å². The van der Waals surface area contributed by atoms with Gasteiger partial charge >= 0.3 is 5.97 Å². The van der Waals surface area contributed by atoms with Gasteiger partial charge in [0, 0.05) is 20.9 Å². The predicted octanol–water partition coefficient (Wildman–Crippen LogP) is 2.59. The van der Waals surface area contributed by atoms with Crippen LogP contribution in [-0.2, 0) is 16.2 Å². The second-order valence-electron chi connectivity index (χ2n) is 5.20. The molecule has 1 rings (SSSR count). The molecular weight excluding hydrogens is 234 g/mol. The van der Waals surface area contributed by atoms with E-state index in [-0.39, 0.29) is 5.97 Å². The number of carbonyl (C=O) groups excluding carboxylic acids is 1. The minimum absolute atomic E-state index is 0.330. The summed E-state index contributed by atoms with van der Waals surface area (Å²) in [5, 5.41) is 0. The van der Waals surface area contributed by atoms with Crippen LogP contribution in [0, 0.1) is 0 Å². The van der Waals surface area contributed by atoms with Crippen molar-refractivity contribution in [2.45, 2.75) is 32.4 Å². The SMILES string of the molecule is COC(=O)c1cccn1COCC[Si](C)(C)C. The van der Waals surface area contributed by atoms with Gasteiger partial charge in [-0.25, -0.2) is 4.79 Å². The average molecular weight is 255 g/mol. The number of esters is 1. The highest BCUT2D eigenvalue weighted by Crippen LogP contribution is 2.09. The second kappa shape index (κ2) is 6.02. The Morgan fingerprint density at radius 1 is 1.41 bits per heavy atom. The van der Waals surface area contributed by atoms with Crippen LogP contribution in [0.15, 0.2) is 18.3 Å². The third-order valence-corrected chi connectivity index (χ3v) is 4.15. The number of hydrogen-bond donors (Lipinski definition) is 0. The van der Waals surface area contributed by atoms with E-state index < -0.39 is 8.07 Å². The second-order valence-corrected chi connectivity index (χ2v) is 10.8. The molecule has 1 heterocycles. The molecule has 1 aromatic rings. The van der Waals surface area contributed by atoms with Crippen LogP contribution in [0.3, 0.4) is 0 Å². The molecule has 0 spiro atoms. The Morgan fingerprint density at radius 3 is 2.71 bits per heavy atom. The zero-order valence-electron chi connectivity index (χ0n) is 11.0. The van der Waals surface area contributed by atoms with E-state index in [2.05, 4.69) is 24.4 Å². The topological polar surface area (TPSA) is 40.5 Å². The van der Waals surface area contributed by atoms with Crippen molar-refractivity contribution in [2.75, 3.05) is 13.7 Å². The monoisotopic (exact) mass is 255 g/mol. The van der Waals surface area contributed by atoms with Crippen molar-refractivity contribution in [3.8, 4) is 0 Å². The van der Waals surface area contributed by atoms with E-state index in [4.69, 9.17) is 4.74 Å². The van der Waals surface area contributed by atoms with Gasteiger partial charge in [0.2, 0.25) is 0 Å². The normalized spacial score (nSPS) is 11.5. The maximum Gasteiger partial charge on any atom is 0.354 e. The largest absolute Gasteiger partial charge is 0.464 e. The highest BCUT2D eigenvalue weighted by atomic mass is 28.3. The molecule has 0 amide bonds. The fourth-order valence-corrected chi connectivity index (χ4v) is 2.11. The first-order valence-corrected chi connectivity index (χ1v) is 9.46. The van der Waals surface area contributed by atoms with E-state index in [1.807, 2.05) is 12.3 Å². The first-order chi connectivity index (χ1) is 7.94. The van der Waals surface area contributed by atoms with Crippen LogP contribution >= 0.6 is 0 Å². The van der Waals surface area contributed by atoms with Crippen LogP contribution in [-0.4, -0.2) is 32.3 Å². The number of methoxy groups -OCH3 is 1. The van der Waals surface area contributed by atoms with Gasteiger partial charge in [-0.2, -0.15) is 0 Å². The first kappa shape index (κ1) is 14.0. The summed E-state index contributed by atoms with van der Waals surface area (Å²) in [4.78, 5) is 11.4. The number of carbonyl (C=O) groups is 1. The van der Waals surface area contributed by atoms with Gasteiger partial charge in [0.05, 0.1) is 7.11 Å². The molecule has 0 unspecified atom stereocenters. The summed E-state index contributed by atoms with van der Waals surface area (Å²) in [6.45, 7) is 8.08. The summed E-state index contributed by atoms with van der Waals surface area (Å²) in [5.74, 6) is -0.330. The fourth-order valence-electron chi connectivity index (χ4n) is 1.36. The van der Waals surface area contributed by atoms with Gasteiger partial charge in [0.25, 0.3) is 0 Å². The number of ether oxygens (including phenoxy) is 2. The van der Waals surface area contributed by atoms with E-state index in [1.165, 1.54) is 7.11 Å². The van der Waals surface area contributed by atoms with Gasteiger partial charge in [0.1, 0.15) is 12.4 Å². The molecule has 0 aliphatic heterocycles. The van der Waals surface area contributed by atoms with Crippen molar-refractivity contribution >= 4 is 14.0 Å². The molecule has 0 aliphatic carbocycles. The molecule has 0 N–H and O–H groups in total. The van der Waals surface area contributed by atoms with E-state index in [0.29, 0.717) is 12.4 Å². The lowest BCUT2D eigenvalue weighted by Gasteiger charge is -2.16. The number of rotatable bonds is 6. The molecule has 0 saturated carbocycles. The van der Waals surface area contributed by atoms with Gasteiger partial charge in [-0.1, -0.05) is 19.6 Å². The summed E-state index contributed by atoms with van der Waals surface area (Å²) in [5.41, 5.74) is 0.528. The van der Waals surface area contributed by atoms with Crippen molar-refractivity contribution in [1.29, 1.82) is 0 Å². The van der Waals surface area contributed by atoms with Gasteiger partial charge in [0.15, 0.2) is 0 Å². The van der Waals surface area contributed by atoms with Crippen LogP contribution in [0.2, 0.25) is 25.7 Å². The number of hydrogen-bond acceptors (Lipinski definition) is 3. The smallest absolute Gasteiger partial charge is 0.354 e. The van der Waals surface area contributed by atoms with Gasteiger partial charge in [-0.15, -0.1) is 0 Å². The van der Waals surface area contributed by atoms with E-state index in [0.717, 1.165) is 12.7 Å². The number of nitrogens with zero attached hydrogens (tertiary/aromatic N) is 1. The molecule has 0 saturated heterocycles. The summed E-state index contributed by atoms with van der Waals surface area (Å²) in [6, 6.07) is 4.67. The highest BCUT2D eigenvalue weighted by Gasteiger charge is 2.13. The van der Waals surface area contributed by atoms with Gasteiger partial charge in [-0.3, -0.25) is 0 Å². The highest BCUT2D eigenvalue weighted by molar-refractivity contribution is 6.76. The molecule has 0 aromatic carbocycles. The Kier molecular flexibility index (Phi) is 4.96. The Hall–Kier alpha value is -1.07. The third kappa shape index (κ3) is 4.75. The van der Waals surface area contributed by atoms with E-state index in [1.54, 1.807) is 10.6 Å². The van der Waals surface area contributed by atoms with Crippen molar-refractivity contribution in [2.24, 2.45) is 0 Å². The van der Waals surface area contributed by atoms with Crippen LogP contribution in [0.1, 0.15) is 10.5 Å². The molecule has 4 nitrogen and oxygen atoms in total.